The highest BCUT2D eigenvalue weighted by molar-refractivity contribution is 5.69. The number of esters is 1. The summed E-state index contributed by atoms with van der Waals surface area (Å²) in [6.07, 6.45) is 1.15. The standard InChI is InChI=1S/C17H26N2O2/c1-4-13(2)17(19-11-9-18-10-12-19)15-5-7-16(8-6-15)21-14(3)20/h5-8,13,17-18H,4,9-12H2,1-3H3/t13?,17-/m0/s1. The number of piperazine rings is 1. The fraction of sp³-hybridized carbons (Fsp3) is 0.588. The lowest BCUT2D eigenvalue weighted by molar-refractivity contribution is -0.131. The van der Waals surface area contributed by atoms with Gasteiger partial charge in [0.05, 0.1) is 0 Å². The molecule has 1 aliphatic rings. The number of ether oxygens (including phenoxy) is 1. The molecule has 0 spiro atoms. The van der Waals surface area contributed by atoms with E-state index in [1.165, 1.54) is 12.5 Å². The number of carbonyl (C=O) groups is 1. The smallest absolute Gasteiger partial charge is 0.308 e. The third-order valence-corrected chi connectivity index (χ3v) is 4.21. The molecule has 1 saturated heterocycles. The van der Waals surface area contributed by atoms with Crippen LogP contribution in [0.15, 0.2) is 24.3 Å². The Morgan fingerprint density at radius 1 is 1.29 bits per heavy atom. The van der Waals surface area contributed by atoms with Crippen molar-refractivity contribution in [1.29, 1.82) is 0 Å². The zero-order valence-corrected chi connectivity index (χ0v) is 13.3. The van der Waals surface area contributed by atoms with Crippen LogP contribution in [-0.4, -0.2) is 37.0 Å². The molecule has 1 fully saturated rings. The molecule has 2 atom stereocenters. The van der Waals surface area contributed by atoms with Gasteiger partial charge < -0.3 is 10.1 Å². The maximum atomic E-state index is 11.0. The van der Waals surface area contributed by atoms with Crippen LogP contribution in [0.5, 0.6) is 5.75 Å². The number of hydrogen-bond donors (Lipinski definition) is 1. The normalized spacial score (nSPS) is 19.0. The summed E-state index contributed by atoms with van der Waals surface area (Å²) in [5.74, 6) is 0.945. The van der Waals surface area contributed by atoms with Gasteiger partial charge in [-0.2, -0.15) is 0 Å². The minimum Gasteiger partial charge on any atom is -0.427 e. The summed E-state index contributed by atoms with van der Waals surface area (Å²) < 4.78 is 5.12. The first kappa shape index (κ1) is 16.0. The number of carbonyl (C=O) groups excluding carboxylic acids is 1. The van der Waals surface area contributed by atoms with Crippen LogP contribution in [-0.2, 0) is 4.79 Å². The fourth-order valence-corrected chi connectivity index (χ4v) is 2.98. The average Bonchev–Trinajstić information content (AvgIpc) is 2.49. The lowest BCUT2D eigenvalue weighted by atomic mass is 9.90. The fourth-order valence-electron chi connectivity index (χ4n) is 2.98. The Balaban J connectivity index is 2.17. The van der Waals surface area contributed by atoms with Crippen LogP contribution in [0, 0.1) is 5.92 Å². The quantitative estimate of drug-likeness (QED) is 0.668. The van der Waals surface area contributed by atoms with E-state index in [9.17, 15) is 4.79 Å². The molecule has 0 aliphatic carbocycles. The molecular formula is C17H26N2O2. The van der Waals surface area contributed by atoms with E-state index < -0.39 is 0 Å². The van der Waals surface area contributed by atoms with Crippen LogP contribution in [0.25, 0.3) is 0 Å². The van der Waals surface area contributed by atoms with Gasteiger partial charge in [-0.3, -0.25) is 9.69 Å². The molecule has 1 aromatic rings. The molecule has 21 heavy (non-hydrogen) atoms. The van der Waals surface area contributed by atoms with Crippen LogP contribution in [0.3, 0.4) is 0 Å². The zero-order chi connectivity index (χ0) is 15.2. The molecule has 0 saturated carbocycles. The van der Waals surface area contributed by atoms with Gasteiger partial charge in [0.25, 0.3) is 0 Å². The molecule has 1 unspecified atom stereocenters. The molecule has 0 bridgehead atoms. The van der Waals surface area contributed by atoms with Gasteiger partial charge in [0.1, 0.15) is 5.75 Å². The van der Waals surface area contributed by atoms with Gasteiger partial charge in [0.15, 0.2) is 0 Å². The minimum absolute atomic E-state index is 0.275. The highest BCUT2D eigenvalue weighted by Gasteiger charge is 2.26. The number of benzene rings is 1. The molecular weight excluding hydrogens is 264 g/mol. The minimum atomic E-state index is -0.275. The molecule has 1 aromatic carbocycles. The van der Waals surface area contributed by atoms with E-state index in [1.54, 1.807) is 0 Å². The average molecular weight is 290 g/mol. The Labute approximate surface area is 127 Å². The molecule has 1 aliphatic heterocycles. The molecule has 1 heterocycles. The summed E-state index contributed by atoms with van der Waals surface area (Å²) in [5, 5.41) is 3.41. The zero-order valence-electron chi connectivity index (χ0n) is 13.3. The third kappa shape index (κ3) is 4.29. The van der Waals surface area contributed by atoms with Gasteiger partial charge in [0, 0.05) is 39.1 Å². The summed E-state index contributed by atoms with van der Waals surface area (Å²) in [6.45, 7) is 10.3. The topological polar surface area (TPSA) is 41.6 Å². The Morgan fingerprint density at radius 3 is 2.43 bits per heavy atom. The van der Waals surface area contributed by atoms with Gasteiger partial charge in [-0.05, 0) is 23.6 Å². The second kappa shape index (κ2) is 7.57. The Morgan fingerprint density at radius 2 is 1.90 bits per heavy atom. The van der Waals surface area contributed by atoms with Crippen molar-refractivity contribution in [3.63, 3.8) is 0 Å². The van der Waals surface area contributed by atoms with Crippen molar-refractivity contribution in [2.24, 2.45) is 5.92 Å². The van der Waals surface area contributed by atoms with E-state index in [0.717, 1.165) is 32.6 Å². The van der Waals surface area contributed by atoms with Gasteiger partial charge in [0.2, 0.25) is 0 Å². The maximum Gasteiger partial charge on any atom is 0.308 e. The highest BCUT2D eigenvalue weighted by atomic mass is 16.5. The largest absolute Gasteiger partial charge is 0.427 e. The van der Waals surface area contributed by atoms with E-state index in [-0.39, 0.29) is 5.97 Å². The molecule has 116 valence electrons. The second-order valence-electron chi connectivity index (χ2n) is 5.78. The van der Waals surface area contributed by atoms with Crippen molar-refractivity contribution in [2.45, 2.75) is 33.2 Å². The first-order valence-electron chi connectivity index (χ1n) is 7.85. The molecule has 0 amide bonds. The van der Waals surface area contributed by atoms with Crippen molar-refractivity contribution in [1.82, 2.24) is 10.2 Å². The Hall–Kier alpha value is -1.39. The number of rotatable bonds is 5. The first-order valence-corrected chi connectivity index (χ1v) is 7.85. The van der Waals surface area contributed by atoms with E-state index in [1.807, 2.05) is 12.1 Å². The number of hydrogen-bond acceptors (Lipinski definition) is 4. The van der Waals surface area contributed by atoms with Crippen molar-refractivity contribution in [3.05, 3.63) is 29.8 Å². The molecule has 0 radical (unpaired) electrons. The number of nitrogens with zero attached hydrogens (tertiary/aromatic N) is 1. The van der Waals surface area contributed by atoms with Gasteiger partial charge >= 0.3 is 5.97 Å². The maximum absolute atomic E-state index is 11.0. The van der Waals surface area contributed by atoms with Crippen LogP contribution in [0.4, 0.5) is 0 Å². The van der Waals surface area contributed by atoms with E-state index >= 15 is 0 Å². The van der Waals surface area contributed by atoms with Gasteiger partial charge in [-0.15, -0.1) is 0 Å². The highest BCUT2D eigenvalue weighted by Crippen LogP contribution is 2.31. The van der Waals surface area contributed by atoms with E-state index in [4.69, 9.17) is 4.74 Å². The SMILES string of the molecule is CCC(C)[C@@H](c1ccc(OC(C)=O)cc1)N1CCNCC1. The second-order valence-corrected chi connectivity index (χ2v) is 5.78. The molecule has 0 aromatic heterocycles. The van der Waals surface area contributed by atoms with Crippen LogP contribution in [0.1, 0.15) is 38.8 Å². The Kier molecular flexibility index (Phi) is 5.76. The summed E-state index contributed by atoms with van der Waals surface area (Å²) in [6, 6.07) is 8.42. The van der Waals surface area contributed by atoms with Crippen LogP contribution < -0.4 is 10.1 Å². The lowest BCUT2D eigenvalue weighted by Gasteiger charge is -2.38. The lowest BCUT2D eigenvalue weighted by Crippen LogP contribution is -2.46. The Bertz CT molecular complexity index is 452. The van der Waals surface area contributed by atoms with Crippen molar-refractivity contribution >= 4 is 5.97 Å². The molecule has 4 nitrogen and oxygen atoms in total. The monoisotopic (exact) mass is 290 g/mol. The van der Waals surface area contributed by atoms with E-state index in [0.29, 0.717) is 17.7 Å². The predicted molar refractivity (Wildman–Crippen MR) is 84.4 cm³/mol. The van der Waals surface area contributed by atoms with Crippen LogP contribution >= 0.6 is 0 Å². The van der Waals surface area contributed by atoms with Gasteiger partial charge in [-0.25, -0.2) is 0 Å². The summed E-state index contributed by atoms with van der Waals surface area (Å²) >= 11 is 0. The molecule has 2 rings (SSSR count). The predicted octanol–water partition coefficient (Wildman–Crippen LogP) is 2.60. The summed E-state index contributed by atoms with van der Waals surface area (Å²) in [7, 11) is 0. The van der Waals surface area contributed by atoms with Crippen molar-refractivity contribution in [3.8, 4) is 5.75 Å². The molecule has 4 heteroatoms. The third-order valence-electron chi connectivity index (χ3n) is 4.21. The van der Waals surface area contributed by atoms with Crippen molar-refractivity contribution < 1.29 is 9.53 Å². The first-order chi connectivity index (χ1) is 10.1. The molecule has 1 N–H and O–H groups in total. The van der Waals surface area contributed by atoms with Crippen LogP contribution in [0.2, 0.25) is 0 Å². The summed E-state index contributed by atoms with van der Waals surface area (Å²) in [5.41, 5.74) is 1.31. The van der Waals surface area contributed by atoms with E-state index in [2.05, 4.69) is 36.2 Å². The van der Waals surface area contributed by atoms with Crippen molar-refractivity contribution in [2.75, 3.05) is 26.2 Å². The number of nitrogens with one attached hydrogen (secondary N) is 1. The van der Waals surface area contributed by atoms with Gasteiger partial charge in [-0.1, -0.05) is 32.4 Å². The summed E-state index contributed by atoms with van der Waals surface area (Å²) in [4.78, 5) is 13.6.